The predicted octanol–water partition coefficient (Wildman–Crippen LogP) is 3.34. The zero-order valence-electron chi connectivity index (χ0n) is 11.2. The normalized spacial score (nSPS) is 20.6. The molecule has 1 aromatic carbocycles. The summed E-state index contributed by atoms with van der Waals surface area (Å²) in [6.07, 6.45) is 8.36. The van der Waals surface area contributed by atoms with Crippen molar-refractivity contribution in [2.75, 3.05) is 0 Å². The lowest BCUT2D eigenvalue weighted by molar-refractivity contribution is -0.136. The second-order valence-corrected chi connectivity index (χ2v) is 5.86. The van der Waals surface area contributed by atoms with Gasteiger partial charge in [0.25, 0.3) is 0 Å². The van der Waals surface area contributed by atoms with Crippen molar-refractivity contribution >= 4 is 5.97 Å². The Morgan fingerprint density at radius 2 is 2.00 bits per heavy atom. The van der Waals surface area contributed by atoms with Crippen molar-refractivity contribution in [3.05, 3.63) is 29.3 Å². The van der Waals surface area contributed by atoms with E-state index in [2.05, 4.69) is 0 Å². The number of aliphatic carboxylic acids is 1. The molecule has 1 spiro atoms. The van der Waals surface area contributed by atoms with Crippen molar-refractivity contribution in [2.45, 2.75) is 57.0 Å². The van der Waals surface area contributed by atoms with E-state index in [1.54, 1.807) is 0 Å². The van der Waals surface area contributed by atoms with Crippen LogP contribution in [-0.4, -0.2) is 16.7 Å². The lowest BCUT2D eigenvalue weighted by atomic mass is 9.79. The molecule has 1 fully saturated rings. The molecule has 0 saturated heterocycles. The van der Waals surface area contributed by atoms with Gasteiger partial charge >= 0.3 is 5.97 Å². The molecule has 1 saturated carbocycles. The zero-order valence-corrected chi connectivity index (χ0v) is 11.2. The molecule has 3 nitrogen and oxygen atoms in total. The second-order valence-electron chi connectivity index (χ2n) is 5.86. The van der Waals surface area contributed by atoms with Crippen molar-refractivity contribution in [1.29, 1.82) is 0 Å². The third-order valence-corrected chi connectivity index (χ3v) is 4.43. The molecule has 0 aromatic heterocycles. The minimum atomic E-state index is -0.789. The van der Waals surface area contributed by atoms with Crippen LogP contribution < -0.4 is 4.74 Å². The molecule has 3 heteroatoms. The molecule has 1 aliphatic heterocycles. The van der Waals surface area contributed by atoms with Crippen LogP contribution in [0.25, 0.3) is 0 Å². The number of rotatable bonds is 2. The van der Waals surface area contributed by atoms with Gasteiger partial charge in [-0.3, -0.25) is 4.79 Å². The summed E-state index contributed by atoms with van der Waals surface area (Å²) in [5.74, 6) is 0.134. The maximum absolute atomic E-state index is 10.8. The van der Waals surface area contributed by atoms with E-state index < -0.39 is 5.97 Å². The SMILES string of the molecule is O=C(O)Cc1ccc2c(c1)OC1(CCCCC1)CC2. The molecule has 1 aliphatic carbocycles. The topological polar surface area (TPSA) is 46.5 Å². The van der Waals surface area contributed by atoms with E-state index in [-0.39, 0.29) is 12.0 Å². The average molecular weight is 260 g/mol. The number of ether oxygens (including phenoxy) is 1. The van der Waals surface area contributed by atoms with Crippen LogP contribution in [0.2, 0.25) is 0 Å². The van der Waals surface area contributed by atoms with Gasteiger partial charge in [0.05, 0.1) is 6.42 Å². The third kappa shape index (κ3) is 2.60. The van der Waals surface area contributed by atoms with Crippen LogP contribution in [0.15, 0.2) is 18.2 Å². The van der Waals surface area contributed by atoms with Crippen LogP contribution in [0.3, 0.4) is 0 Å². The second kappa shape index (κ2) is 4.87. The number of benzene rings is 1. The molecule has 3 rings (SSSR count). The molecule has 0 radical (unpaired) electrons. The standard InChI is InChI=1S/C16H20O3/c17-15(18)11-12-4-5-13-6-9-16(19-14(13)10-12)7-2-1-3-8-16/h4-5,10H,1-3,6-9,11H2,(H,17,18). The van der Waals surface area contributed by atoms with Crippen molar-refractivity contribution < 1.29 is 14.6 Å². The van der Waals surface area contributed by atoms with Gasteiger partial charge in [-0.25, -0.2) is 0 Å². The lowest BCUT2D eigenvalue weighted by Crippen LogP contribution is -2.41. The summed E-state index contributed by atoms with van der Waals surface area (Å²) in [5, 5.41) is 8.87. The van der Waals surface area contributed by atoms with Gasteiger partial charge in [-0.1, -0.05) is 18.6 Å². The molecule has 0 amide bonds. The van der Waals surface area contributed by atoms with E-state index in [4.69, 9.17) is 9.84 Å². The molecule has 19 heavy (non-hydrogen) atoms. The molecule has 1 N–H and O–H groups in total. The van der Waals surface area contributed by atoms with Crippen molar-refractivity contribution in [1.82, 2.24) is 0 Å². The fraction of sp³-hybridized carbons (Fsp3) is 0.562. The highest BCUT2D eigenvalue weighted by Gasteiger charge is 2.37. The van der Waals surface area contributed by atoms with Gasteiger partial charge in [0, 0.05) is 0 Å². The van der Waals surface area contributed by atoms with Crippen LogP contribution in [0.5, 0.6) is 5.75 Å². The predicted molar refractivity (Wildman–Crippen MR) is 72.5 cm³/mol. The summed E-state index contributed by atoms with van der Waals surface area (Å²) < 4.78 is 6.29. The van der Waals surface area contributed by atoms with Crippen LogP contribution in [0.4, 0.5) is 0 Å². The number of hydrogen-bond donors (Lipinski definition) is 1. The first-order valence-corrected chi connectivity index (χ1v) is 7.20. The summed E-state index contributed by atoms with van der Waals surface area (Å²) in [4.78, 5) is 10.8. The van der Waals surface area contributed by atoms with Crippen molar-refractivity contribution in [3.8, 4) is 5.75 Å². The van der Waals surface area contributed by atoms with E-state index in [1.165, 1.54) is 24.8 Å². The van der Waals surface area contributed by atoms with Gasteiger partial charge < -0.3 is 9.84 Å². The Morgan fingerprint density at radius 1 is 1.21 bits per heavy atom. The van der Waals surface area contributed by atoms with Crippen LogP contribution >= 0.6 is 0 Å². The highest BCUT2D eigenvalue weighted by molar-refractivity contribution is 5.70. The lowest BCUT2D eigenvalue weighted by Gasteiger charge is -2.41. The van der Waals surface area contributed by atoms with E-state index >= 15 is 0 Å². The molecule has 0 unspecified atom stereocenters. The Morgan fingerprint density at radius 3 is 2.74 bits per heavy atom. The number of fused-ring (bicyclic) bond motifs is 1. The van der Waals surface area contributed by atoms with Gasteiger partial charge in [-0.05, 0) is 55.7 Å². The van der Waals surface area contributed by atoms with Gasteiger partial charge in [-0.15, -0.1) is 0 Å². The smallest absolute Gasteiger partial charge is 0.307 e. The highest BCUT2D eigenvalue weighted by Crippen LogP contribution is 2.42. The number of hydrogen-bond acceptors (Lipinski definition) is 2. The summed E-state index contributed by atoms with van der Waals surface area (Å²) >= 11 is 0. The molecule has 1 heterocycles. The van der Waals surface area contributed by atoms with Gasteiger partial charge in [0.15, 0.2) is 0 Å². The number of carbonyl (C=O) groups is 1. The molecule has 102 valence electrons. The van der Waals surface area contributed by atoms with E-state index in [0.717, 1.165) is 37.0 Å². The summed E-state index contributed by atoms with van der Waals surface area (Å²) in [6.45, 7) is 0. The Labute approximate surface area is 113 Å². The van der Waals surface area contributed by atoms with Crippen LogP contribution in [-0.2, 0) is 17.6 Å². The zero-order chi connectivity index (χ0) is 13.3. The summed E-state index contributed by atoms with van der Waals surface area (Å²) in [7, 11) is 0. The Kier molecular flexibility index (Phi) is 3.21. The van der Waals surface area contributed by atoms with Crippen LogP contribution in [0.1, 0.15) is 49.7 Å². The number of carboxylic acids is 1. The summed E-state index contributed by atoms with van der Waals surface area (Å²) in [6, 6.07) is 5.87. The fourth-order valence-electron chi connectivity index (χ4n) is 3.38. The summed E-state index contributed by atoms with van der Waals surface area (Å²) in [5.41, 5.74) is 2.09. The highest BCUT2D eigenvalue weighted by atomic mass is 16.5. The van der Waals surface area contributed by atoms with Crippen LogP contribution in [0, 0.1) is 0 Å². The molecule has 0 atom stereocenters. The fourth-order valence-corrected chi connectivity index (χ4v) is 3.38. The first-order chi connectivity index (χ1) is 9.17. The van der Waals surface area contributed by atoms with Gasteiger partial charge in [-0.2, -0.15) is 0 Å². The third-order valence-electron chi connectivity index (χ3n) is 4.43. The van der Waals surface area contributed by atoms with Gasteiger partial charge in [0.2, 0.25) is 0 Å². The van der Waals surface area contributed by atoms with E-state index in [1.807, 2.05) is 18.2 Å². The Bertz CT molecular complexity index is 487. The van der Waals surface area contributed by atoms with E-state index in [9.17, 15) is 4.79 Å². The maximum Gasteiger partial charge on any atom is 0.307 e. The largest absolute Gasteiger partial charge is 0.487 e. The minimum Gasteiger partial charge on any atom is -0.487 e. The van der Waals surface area contributed by atoms with Crippen molar-refractivity contribution in [2.24, 2.45) is 0 Å². The maximum atomic E-state index is 10.8. The molecule has 0 bridgehead atoms. The monoisotopic (exact) mass is 260 g/mol. The number of carboxylic acid groups (broad SMARTS) is 1. The Hall–Kier alpha value is -1.51. The van der Waals surface area contributed by atoms with Gasteiger partial charge in [0.1, 0.15) is 11.4 Å². The average Bonchev–Trinajstić information content (AvgIpc) is 2.38. The quantitative estimate of drug-likeness (QED) is 0.887. The molecular formula is C16H20O3. The molecule has 2 aliphatic rings. The number of aryl methyl sites for hydroxylation is 1. The minimum absolute atomic E-state index is 0.0348. The van der Waals surface area contributed by atoms with Crippen molar-refractivity contribution in [3.63, 3.8) is 0 Å². The first kappa shape index (κ1) is 12.5. The van der Waals surface area contributed by atoms with E-state index in [0.29, 0.717) is 0 Å². The Balaban J connectivity index is 1.83. The first-order valence-electron chi connectivity index (χ1n) is 7.20. The molecular weight excluding hydrogens is 240 g/mol. The molecule has 1 aromatic rings.